The Kier molecular flexibility index (Phi) is 7.77. The Balaban J connectivity index is 3.36. The molecule has 0 amide bonds. The van der Waals surface area contributed by atoms with Crippen LogP contribution in [0.5, 0.6) is 0 Å². The van der Waals surface area contributed by atoms with Gasteiger partial charge in [-0.25, -0.2) is 0 Å². The molecule has 112 valence electrons. The van der Waals surface area contributed by atoms with Crippen LogP contribution in [0.15, 0.2) is 0 Å². The SMILES string of the molecule is COC(=O)CCc1c(CBr)c(C)c(CBr)c(C)c1CBr. The maximum atomic E-state index is 11.4. The molecule has 0 heterocycles. The molecular weight excluding hydrogens is 452 g/mol. The number of carbonyl (C=O) groups is 1. The Bertz CT molecular complexity index is 467. The summed E-state index contributed by atoms with van der Waals surface area (Å²) < 4.78 is 4.75. The average molecular weight is 471 g/mol. The molecule has 0 radical (unpaired) electrons. The van der Waals surface area contributed by atoms with Gasteiger partial charge in [-0.15, -0.1) is 0 Å². The molecule has 0 atom stereocenters. The minimum atomic E-state index is -0.161. The zero-order valence-electron chi connectivity index (χ0n) is 12.0. The van der Waals surface area contributed by atoms with Gasteiger partial charge in [0, 0.05) is 22.4 Å². The minimum Gasteiger partial charge on any atom is -0.469 e. The van der Waals surface area contributed by atoms with Crippen molar-refractivity contribution in [3.8, 4) is 0 Å². The molecule has 0 unspecified atom stereocenters. The highest BCUT2D eigenvalue weighted by Crippen LogP contribution is 2.32. The van der Waals surface area contributed by atoms with Crippen molar-refractivity contribution in [2.75, 3.05) is 7.11 Å². The van der Waals surface area contributed by atoms with Gasteiger partial charge in [0.1, 0.15) is 0 Å². The second-order valence-corrected chi connectivity index (χ2v) is 6.32. The number of ether oxygens (including phenoxy) is 1. The monoisotopic (exact) mass is 468 g/mol. The number of alkyl halides is 3. The normalized spacial score (nSPS) is 10.7. The zero-order chi connectivity index (χ0) is 15.3. The van der Waals surface area contributed by atoms with Crippen LogP contribution in [0.3, 0.4) is 0 Å². The number of esters is 1. The van der Waals surface area contributed by atoms with Gasteiger partial charge in [0.25, 0.3) is 0 Å². The van der Waals surface area contributed by atoms with E-state index >= 15 is 0 Å². The van der Waals surface area contributed by atoms with Crippen LogP contribution in [0, 0.1) is 13.8 Å². The number of benzene rings is 1. The van der Waals surface area contributed by atoms with Crippen LogP contribution in [-0.4, -0.2) is 13.1 Å². The molecule has 0 aliphatic carbocycles. The highest BCUT2D eigenvalue weighted by atomic mass is 79.9. The van der Waals surface area contributed by atoms with E-state index in [4.69, 9.17) is 4.74 Å². The van der Waals surface area contributed by atoms with Crippen molar-refractivity contribution in [3.63, 3.8) is 0 Å². The fraction of sp³-hybridized carbons (Fsp3) is 0.533. The van der Waals surface area contributed by atoms with Crippen molar-refractivity contribution in [2.45, 2.75) is 42.7 Å². The molecule has 2 nitrogen and oxygen atoms in total. The minimum absolute atomic E-state index is 0.161. The van der Waals surface area contributed by atoms with E-state index in [0.29, 0.717) is 6.42 Å². The van der Waals surface area contributed by atoms with Crippen LogP contribution in [0.25, 0.3) is 0 Å². The highest BCUT2D eigenvalue weighted by molar-refractivity contribution is 9.09. The Morgan fingerprint density at radius 1 is 0.900 bits per heavy atom. The van der Waals surface area contributed by atoms with Crippen LogP contribution in [0.2, 0.25) is 0 Å². The first-order valence-corrected chi connectivity index (χ1v) is 9.75. The molecule has 0 spiro atoms. The Hall–Kier alpha value is 0.130. The zero-order valence-corrected chi connectivity index (χ0v) is 16.7. The fourth-order valence-electron chi connectivity index (χ4n) is 2.47. The number of methoxy groups -OCH3 is 1. The molecule has 0 saturated carbocycles. The van der Waals surface area contributed by atoms with Crippen molar-refractivity contribution < 1.29 is 9.53 Å². The van der Waals surface area contributed by atoms with Gasteiger partial charge < -0.3 is 4.74 Å². The summed E-state index contributed by atoms with van der Waals surface area (Å²) in [6.45, 7) is 4.31. The van der Waals surface area contributed by atoms with E-state index < -0.39 is 0 Å². The molecule has 5 heteroatoms. The molecule has 0 saturated heterocycles. The van der Waals surface area contributed by atoms with Gasteiger partial charge in [0.05, 0.1) is 7.11 Å². The van der Waals surface area contributed by atoms with Crippen LogP contribution in [0.4, 0.5) is 0 Å². The molecule has 20 heavy (non-hydrogen) atoms. The maximum Gasteiger partial charge on any atom is 0.305 e. The lowest BCUT2D eigenvalue weighted by molar-refractivity contribution is -0.140. The van der Waals surface area contributed by atoms with E-state index in [1.54, 1.807) is 0 Å². The van der Waals surface area contributed by atoms with Crippen molar-refractivity contribution in [2.24, 2.45) is 0 Å². The lowest BCUT2D eigenvalue weighted by atomic mass is 9.87. The summed E-state index contributed by atoms with van der Waals surface area (Å²) in [5, 5.41) is 2.45. The summed E-state index contributed by atoms with van der Waals surface area (Å²) in [4.78, 5) is 11.4. The number of hydrogen-bond acceptors (Lipinski definition) is 2. The quantitative estimate of drug-likeness (QED) is 0.427. The molecule has 0 aliphatic rings. The van der Waals surface area contributed by atoms with E-state index in [1.165, 1.54) is 40.5 Å². The predicted molar refractivity (Wildman–Crippen MR) is 94.1 cm³/mol. The second kappa shape index (κ2) is 8.54. The van der Waals surface area contributed by atoms with E-state index in [9.17, 15) is 4.79 Å². The van der Waals surface area contributed by atoms with E-state index in [2.05, 4.69) is 61.6 Å². The van der Waals surface area contributed by atoms with Gasteiger partial charge >= 0.3 is 5.97 Å². The second-order valence-electron chi connectivity index (χ2n) is 4.64. The third kappa shape index (κ3) is 3.86. The summed E-state index contributed by atoms with van der Waals surface area (Å²) in [5.74, 6) is -0.161. The van der Waals surface area contributed by atoms with Crippen molar-refractivity contribution in [1.82, 2.24) is 0 Å². The first kappa shape index (κ1) is 18.2. The number of hydrogen-bond donors (Lipinski definition) is 0. The van der Waals surface area contributed by atoms with Gasteiger partial charge in [-0.3, -0.25) is 4.79 Å². The van der Waals surface area contributed by atoms with Gasteiger partial charge in [-0.1, -0.05) is 47.8 Å². The third-order valence-corrected chi connectivity index (χ3v) is 5.43. The summed E-state index contributed by atoms with van der Waals surface area (Å²) in [6.07, 6.45) is 1.14. The Labute approximate surface area is 146 Å². The summed E-state index contributed by atoms with van der Waals surface area (Å²) in [5.41, 5.74) is 7.81. The first-order valence-electron chi connectivity index (χ1n) is 6.39. The Morgan fingerprint density at radius 2 is 1.35 bits per heavy atom. The van der Waals surface area contributed by atoms with Gasteiger partial charge in [-0.05, 0) is 53.6 Å². The van der Waals surface area contributed by atoms with Gasteiger partial charge in [0.15, 0.2) is 0 Å². The van der Waals surface area contributed by atoms with Crippen LogP contribution in [0.1, 0.15) is 39.8 Å². The van der Waals surface area contributed by atoms with E-state index in [1.807, 2.05) is 0 Å². The molecule has 0 aliphatic heterocycles. The van der Waals surface area contributed by atoms with Crippen LogP contribution >= 0.6 is 47.8 Å². The van der Waals surface area contributed by atoms with Crippen LogP contribution < -0.4 is 0 Å². The molecule has 1 aromatic rings. The molecule has 0 N–H and O–H groups in total. The first-order chi connectivity index (χ1) is 9.51. The number of rotatable bonds is 6. The van der Waals surface area contributed by atoms with Gasteiger partial charge in [-0.2, -0.15) is 0 Å². The molecule has 0 bridgehead atoms. The molecular formula is C15H19Br3O2. The number of halogens is 3. The van der Waals surface area contributed by atoms with Crippen molar-refractivity contribution >= 4 is 53.8 Å². The lowest BCUT2D eigenvalue weighted by Crippen LogP contribution is -2.10. The smallest absolute Gasteiger partial charge is 0.305 e. The van der Waals surface area contributed by atoms with Crippen molar-refractivity contribution in [3.05, 3.63) is 33.4 Å². The summed E-state index contributed by atoms with van der Waals surface area (Å²) in [7, 11) is 1.43. The Morgan fingerprint density at radius 3 is 1.70 bits per heavy atom. The lowest BCUT2D eigenvalue weighted by Gasteiger charge is -2.21. The summed E-state index contributed by atoms with van der Waals surface area (Å²) in [6, 6.07) is 0. The molecule has 1 aromatic carbocycles. The van der Waals surface area contributed by atoms with Crippen LogP contribution in [-0.2, 0) is 31.9 Å². The standard InChI is InChI=1S/C15H19Br3O2/c1-9-12(6-16)10(2)14(8-18)11(13(9)7-17)4-5-15(19)20-3/h4-8H2,1-3H3. The fourth-order valence-corrected chi connectivity index (χ4v) is 4.83. The van der Waals surface area contributed by atoms with E-state index in [0.717, 1.165) is 22.4 Å². The largest absolute Gasteiger partial charge is 0.469 e. The van der Waals surface area contributed by atoms with Crippen molar-refractivity contribution in [1.29, 1.82) is 0 Å². The topological polar surface area (TPSA) is 26.3 Å². The maximum absolute atomic E-state index is 11.4. The molecule has 0 fully saturated rings. The average Bonchev–Trinajstić information content (AvgIpc) is 2.45. The molecule has 1 rings (SSSR count). The molecule has 0 aromatic heterocycles. The predicted octanol–water partition coefficient (Wildman–Crippen LogP) is 5.09. The number of carbonyl (C=O) groups excluding carboxylic acids is 1. The third-order valence-electron chi connectivity index (χ3n) is 3.75. The highest BCUT2D eigenvalue weighted by Gasteiger charge is 2.18. The van der Waals surface area contributed by atoms with Gasteiger partial charge in [0.2, 0.25) is 0 Å². The summed E-state index contributed by atoms with van der Waals surface area (Å²) >= 11 is 10.8. The van der Waals surface area contributed by atoms with E-state index in [-0.39, 0.29) is 5.97 Å².